The number of benzene rings is 2. The van der Waals surface area contributed by atoms with Crippen LogP contribution in [0.15, 0.2) is 53.4 Å². The van der Waals surface area contributed by atoms with Crippen molar-refractivity contribution in [2.75, 3.05) is 0 Å². The van der Waals surface area contributed by atoms with E-state index < -0.39 is 34.0 Å². The van der Waals surface area contributed by atoms with E-state index in [9.17, 15) is 18.0 Å². The zero-order valence-corrected chi connectivity index (χ0v) is 15.6. The number of sulfonamides is 1. The smallest absolute Gasteiger partial charge is 0.409 e. The number of carbonyl (C=O) groups excluding carboxylic acids is 1. The molecule has 0 saturated carbocycles. The van der Waals surface area contributed by atoms with E-state index in [1.54, 1.807) is 50.2 Å². The minimum atomic E-state index is -3.97. The molecule has 1 unspecified atom stereocenters. The second kappa shape index (κ2) is 8.19. The van der Waals surface area contributed by atoms with Gasteiger partial charge >= 0.3 is 12.1 Å². The van der Waals surface area contributed by atoms with Crippen LogP contribution in [0.1, 0.15) is 13.8 Å². The van der Waals surface area contributed by atoms with E-state index in [1.807, 2.05) is 0 Å². The molecule has 8 nitrogen and oxygen atoms in total. The lowest BCUT2D eigenvalue weighted by molar-refractivity contribution is -0.140. The Kier molecular flexibility index (Phi) is 6.19. The number of amides is 1. The molecule has 9 heteroatoms. The van der Waals surface area contributed by atoms with Gasteiger partial charge in [-0.3, -0.25) is 4.79 Å². The van der Waals surface area contributed by atoms with Gasteiger partial charge in [0, 0.05) is 0 Å². The molecule has 0 bridgehead atoms. The van der Waals surface area contributed by atoms with Gasteiger partial charge in [-0.2, -0.15) is 4.72 Å². The average Bonchev–Trinajstić information content (AvgIpc) is 2.59. The lowest BCUT2D eigenvalue weighted by Crippen LogP contribution is -2.44. The van der Waals surface area contributed by atoms with Gasteiger partial charge in [0.05, 0.1) is 4.90 Å². The molecule has 2 rings (SSSR count). The number of rotatable bonds is 7. The summed E-state index contributed by atoms with van der Waals surface area (Å²) in [5, 5.41) is 9.16. The highest BCUT2D eigenvalue weighted by Gasteiger charge is 2.27. The summed E-state index contributed by atoms with van der Waals surface area (Å²) in [6.07, 6.45) is -0.911. The van der Waals surface area contributed by atoms with Gasteiger partial charge in [-0.25, -0.2) is 13.2 Å². The first kappa shape index (κ1) is 20.4. The van der Waals surface area contributed by atoms with Crippen molar-refractivity contribution >= 4 is 22.1 Å². The fraction of sp³-hybridized carbons (Fsp3) is 0.222. The summed E-state index contributed by atoms with van der Waals surface area (Å²) in [5.74, 6) is -1.34. The largest absolute Gasteiger partial charge is 0.480 e. The monoisotopic (exact) mass is 392 g/mol. The van der Waals surface area contributed by atoms with Gasteiger partial charge in [-0.05, 0) is 41.3 Å². The molecule has 0 radical (unpaired) electrons. The van der Waals surface area contributed by atoms with Crippen LogP contribution in [0.4, 0.5) is 4.79 Å². The van der Waals surface area contributed by atoms with Gasteiger partial charge < -0.3 is 15.6 Å². The molecule has 0 aliphatic heterocycles. The fourth-order valence-electron chi connectivity index (χ4n) is 2.36. The Hall–Kier alpha value is -2.91. The normalized spacial score (nSPS) is 12.6. The van der Waals surface area contributed by atoms with E-state index in [2.05, 4.69) is 4.72 Å². The van der Waals surface area contributed by atoms with E-state index in [1.165, 1.54) is 12.1 Å². The van der Waals surface area contributed by atoms with Crippen molar-refractivity contribution in [1.82, 2.24) is 4.72 Å². The summed E-state index contributed by atoms with van der Waals surface area (Å²) in [6, 6.07) is 11.3. The van der Waals surface area contributed by atoms with Gasteiger partial charge in [-0.15, -0.1) is 0 Å². The van der Waals surface area contributed by atoms with Gasteiger partial charge in [0.1, 0.15) is 11.8 Å². The van der Waals surface area contributed by atoms with Crippen LogP contribution in [0.2, 0.25) is 0 Å². The molecule has 144 valence electrons. The van der Waals surface area contributed by atoms with E-state index in [4.69, 9.17) is 15.6 Å². The summed E-state index contributed by atoms with van der Waals surface area (Å²) in [6.45, 7) is 3.24. The fourth-order valence-corrected chi connectivity index (χ4v) is 3.70. The van der Waals surface area contributed by atoms with Crippen molar-refractivity contribution in [3.05, 3.63) is 48.5 Å². The highest BCUT2D eigenvalue weighted by atomic mass is 32.2. The number of nitrogens with two attached hydrogens (primary N) is 1. The van der Waals surface area contributed by atoms with Crippen LogP contribution in [-0.4, -0.2) is 31.6 Å². The summed E-state index contributed by atoms with van der Waals surface area (Å²) in [4.78, 5) is 21.9. The predicted molar refractivity (Wildman–Crippen MR) is 98.7 cm³/mol. The molecule has 0 fully saturated rings. The summed E-state index contributed by atoms with van der Waals surface area (Å²) in [7, 11) is -3.97. The van der Waals surface area contributed by atoms with Crippen molar-refractivity contribution < 1.29 is 27.9 Å². The Bertz CT molecular complexity index is 921. The summed E-state index contributed by atoms with van der Waals surface area (Å²) < 4.78 is 31.8. The molecule has 1 atom stereocenters. The lowest BCUT2D eigenvalue weighted by Gasteiger charge is -2.18. The third kappa shape index (κ3) is 5.28. The number of hydrogen-bond acceptors (Lipinski definition) is 5. The number of carboxylic acids is 1. The first-order chi connectivity index (χ1) is 12.6. The SMILES string of the molecule is CC(C)C(NS(=O)(=O)c1ccc(-c2ccc(OC(N)=O)cc2)cc1)C(=O)O. The molecule has 1 amide bonds. The van der Waals surface area contributed by atoms with Gasteiger partial charge in [0.15, 0.2) is 0 Å². The minimum Gasteiger partial charge on any atom is -0.480 e. The second-order valence-corrected chi connectivity index (χ2v) is 7.87. The minimum absolute atomic E-state index is 0.0353. The maximum atomic E-state index is 12.4. The lowest BCUT2D eigenvalue weighted by atomic mass is 10.1. The molecule has 27 heavy (non-hydrogen) atoms. The molecule has 0 aromatic heterocycles. The number of nitrogens with one attached hydrogen (secondary N) is 1. The van der Waals surface area contributed by atoms with Crippen LogP contribution in [-0.2, 0) is 14.8 Å². The third-order valence-electron chi connectivity index (χ3n) is 3.79. The van der Waals surface area contributed by atoms with Gasteiger partial charge in [0.25, 0.3) is 0 Å². The summed E-state index contributed by atoms with van der Waals surface area (Å²) >= 11 is 0. The maximum Gasteiger partial charge on any atom is 0.409 e. The number of hydrogen-bond donors (Lipinski definition) is 3. The topological polar surface area (TPSA) is 136 Å². The molecule has 0 spiro atoms. The number of aliphatic carboxylic acids is 1. The van der Waals surface area contributed by atoms with E-state index in [0.717, 1.165) is 11.1 Å². The molecule has 2 aromatic carbocycles. The number of carbonyl (C=O) groups is 2. The van der Waals surface area contributed by atoms with Crippen LogP contribution < -0.4 is 15.2 Å². The Morgan fingerprint density at radius 1 is 1.00 bits per heavy atom. The third-order valence-corrected chi connectivity index (χ3v) is 5.24. The summed E-state index contributed by atoms with van der Waals surface area (Å²) in [5.41, 5.74) is 6.45. The van der Waals surface area contributed by atoms with Crippen molar-refractivity contribution in [3.63, 3.8) is 0 Å². The van der Waals surface area contributed by atoms with Gasteiger partial charge in [-0.1, -0.05) is 38.1 Å². The predicted octanol–water partition coefficient (Wildman–Crippen LogP) is 2.20. The zero-order chi connectivity index (χ0) is 20.2. The van der Waals surface area contributed by atoms with E-state index in [0.29, 0.717) is 5.75 Å². The molecule has 0 heterocycles. The molecule has 0 aliphatic rings. The first-order valence-corrected chi connectivity index (χ1v) is 9.51. The maximum absolute atomic E-state index is 12.4. The number of ether oxygens (including phenoxy) is 1. The molecular formula is C18H20N2O6S. The molecule has 0 aliphatic carbocycles. The van der Waals surface area contributed by atoms with Gasteiger partial charge in [0.2, 0.25) is 10.0 Å². The van der Waals surface area contributed by atoms with Crippen molar-refractivity contribution in [1.29, 1.82) is 0 Å². The van der Waals surface area contributed by atoms with Crippen LogP contribution in [0.25, 0.3) is 11.1 Å². The number of primary amides is 1. The van der Waals surface area contributed by atoms with Crippen LogP contribution >= 0.6 is 0 Å². The zero-order valence-electron chi connectivity index (χ0n) is 14.7. The molecule has 2 aromatic rings. The van der Waals surface area contributed by atoms with Crippen LogP contribution in [0, 0.1) is 5.92 Å². The van der Waals surface area contributed by atoms with E-state index in [-0.39, 0.29) is 4.90 Å². The Morgan fingerprint density at radius 3 is 1.89 bits per heavy atom. The van der Waals surface area contributed by atoms with Crippen molar-refractivity contribution in [2.24, 2.45) is 11.7 Å². The number of carboxylic acid groups (broad SMARTS) is 1. The Labute approximate surface area is 157 Å². The highest BCUT2D eigenvalue weighted by molar-refractivity contribution is 7.89. The molecule has 0 saturated heterocycles. The van der Waals surface area contributed by atoms with Crippen molar-refractivity contribution in [3.8, 4) is 16.9 Å². The van der Waals surface area contributed by atoms with Crippen LogP contribution in [0.5, 0.6) is 5.75 Å². The molecule has 4 N–H and O–H groups in total. The standard InChI is InChI=1S/C18H20N2O6S/c1-11(2)16(17(21)22)20-27(24,25)15-9-5-13(6-10-15)12-3-7-14(8-4-12)26-18(19)23/h3-11,16,20H,1-2H3,(H2,19,23)(H,21,22). The second-order valence-electron chi connectivity index (χ2n) is 6.15. The first-order valence-electron chi connectivity index (χ1n) is 8.03. The Balaban J connectivity index is 2.21. The molecular weight excluding hydrogens is 372 g/mol. The Morgan fingerprint density at radius 2 is 1.48 bits per heavy atom. The quantitative estimate of drug-likeness (QED) is 0.661. The highest BCUT2D eigenvalue weighted by Crippen LogP contribution is 2.24. The van der Waals surface area contributed by atoms with Crippen molar-refractivity contribution in [2.45, 2.75) is 24.8 Å². The van der Waals surface area contributed by atoms with E-state index >= 15 is 0 Å². The average molecular weight is 392 g/mol. The van der Waals surface area contributed by atoms with Crippen LogP contribution in [0.3, 0.4) is 0 Å².